The molecule has 14 heavy (non-hydrogen) atoms. The van der Waals surface area contributed by atoms with E-state index in [0.29, 0.717) is 17.4 Å². The first-order valence-corrected chi connectivity index (χ1v) is 5.22. The summed E-state index contributed by atoms with van der Waals surface area (Å²) in [5, 5.41) is 19.1. The number of aliphatic hydroxyl groups is 1. The molecule has 0 aliphatic rings. The second kappa shape index (κ2) is 4.77. The maximum Gasteiger partial charge on any atom is 0.130 e. The molecule has 78 valence electrons. The van der Waals surface area contributed by atoms with Crippen LogP contribution in [0.5, 0.6) is 5.75 Å². The van der Waals surface area contributed by atoms with Crippen LogP contribution in [0.2, 0.25) is 0 Å². The molecule has 0 bridgehead atoms. The standard InChI is InChI=1S/C10H14BrNO2/c1-6-4-10(14)8(11)5-7(6)9(13)2-3-12/h4-5,9,13-14H,2-3,12H2,1H3. The van der Waals surface area contributed by atoms with Gasteiger partial charge in [0.1, 0.15) is 5.75 Å². The minimum atomic E-state index is -0.558. The van der Waals surface area contributed by atoms with Gasteiger partial charge >= 0.3 is 0 Å². The molecule has 0 aliphatic carbocycles. The van der Waals surface area contributed by atoms with E-state index in [1.165, 1.54) is 0 Å². The van der Waals surface area contributed by atoms with Gasteiger partial charge < -0.3 is 15.9 Å². The third-order valence-corrected chi connectivity index (χ3v) is 2.77. The summed E-state index contributed by atoms with van der Waals surface area (Å²) < 4.78 is 0.592. The highest BCUT2D eigenvalue weighted by Crippen LogP contribution is 2.31. The topological polar surface area (TPSA) is 66.5 Å². The molecule has 4 heteroatoms. The Hall–Kier alpha value is -0.580. The molecule has 1 aromatic carbocycles. The molecule has 4 N–H and O–H groups in total. The van der Waals surface area contributed by atoms with Crippen molar-refractivity contribution in [1.29, 1.82) is 0 Å². The van der Waals surface area contributed by atoms with Crippen molar-refractivity contribution < 1.29 is 10.2 Å². The summed E-state index contributed by atoms with van der Waals surface area (Å²) in [7, 11) is 0. The van der Waals surface area contributed by atoms with Gasteiger partial charge in [-0.15, -0.1) is 0 Å². The van der Waals surface area contributed by atoms with Gasteiger partial charge in [-0.05, 0) is 59.1 Å². The molecule has 1 atom stereocenters. The molecule has 0 saturated heterocycles. The second-order valence-corrected chi connectivity index (χ2v) is 4.11. The fourth-order valence-corrected chi connectivity index (χ4v) is 1.72. The van der Waals surface area contributed by atoms with Crippen LogP contribution in [0.15, 0.2) is 16.6 Å². The number of aromatic hydroxyl groups is 1. The lowest BCUT2D eigenvalue weighted by atomic mass is 10.0. The maximum absolute atomic E-state index is 9.73. The van der Waals surface area contributed by atoms with Crippen molar-refractivity contribution in [3.05, 3.63) is 27.7 Å². The Bertz CT molecular complexity index is 328. The Labute approximate surface area is 91.7 Å². The van der Waals surface area contributed by atoms with E-state index in [-0.39, 0.29) is 5.75 Å². The number of halogens is 1. The fourth-order valence-electron chi connectivity index (χ4n) is 1.35. The second-order valence-electron chi connectivity index (χ2n) is 3.25. The van der Waals surface area contributed by atoms with Crippen LogP contribution in [-0.2, 0) is 0 Å². The van der Waals surface area contributed by atoms with Gasteiger partial charge in [-0.3, -0.25) is 0 Å². The lowest BCUT2D eigenvalue weighted by Gasteiger charge is -2.13. The Morgan fingerprint density at radius 1 is 1.50 bits per heavy atom. The van der Waals surface area contributed by atoms with Gasteiger partial charge in [0.15, 0.2) is 0 Å². The monoisotopic (exact) mass is 259 g/mol. The Morgan fingerprint density at radius 2 is 2.14 bits per heavy atom. The summed E-state index contributed by atoms with van der Waals surface area (Å²) in [6, 6.07) is 3.35. The van der Waals surface area contributed by atoms with Gasteiger partial charge in [0, 0.05) is 0 Å². The third-order valence-electron chi connectivity index (χ3n) is 2.13. The lowest BCUT2D eigenvalue weighted by Crippen LogP contribution is -2.07. The number of aliphatic hydroxyl groups excluding tert-OH is 1. The predicted octanol–water partition coefficient (Wildman–Crippen LogP) is 1.85. The normalized spacial score (nSPS) is 12.9. The molecule has 0 heterocycles. The largest absolute Gasteiger partial charge is 0.507 e. The van der Waals surface area contributed by atoms with Crippen molar-refractivity contribution in [1.82, 2.24) is 0 Å². The Morgan fingerprint density at radius 3 is 2.71 bits per heavy atom. The molecule has 1 aromatic rings. The first-order valence-electron chi connectivity index (χ1n) is 4.43. The average Bonchev–Trinajstić information content (AvgIpc) is 2.11. The lowest BCUT2D eigenvalue weighted by molar-refractivity contribution is 0.169. The number of rotatable bonds is 3. The molecule has 0 aliphatic heterocycles. The van der Waals surface area contributed by atoms with Crippen LogP contribution in [0.3, 0.4) is 0 Å². The highest BCUT2D eigenvalue weighted by Gasteiger charge is 2.11. The van der Waals surface area contributed by atoms with Crippen LogP contribution < -0.4 is 5.73 Å². The van der Waals surface area contributed by atoms with Crippen molar-refractivity contribution in [2.45, 2.75) is 19.4 Å². The number of phenolic OH excluding ortho intramolecular Hbond substituents is 1. The number of hydrogen-bond acceptors (Lipinski definition) is 3. The van der Waals surface area contributed by atoms with E-state index in [9.17, 15) is 10.2 Å². The van der Waals surface area contributed by atoms with E-state index in [1.54, 1.807) is 12.1 Å². The molecule has 3 nitrogen and oxygen atoms in total. The molecule has 0 fully saturated rings. The van der Waals surface area contributed by atoms with Crippen LogP contribution in [0, 0.1) is 6.92 Å². The quantitative estimate of drug-likeness (QED) is 0.776. The third kappa shape index (κ3) is 2.47. The number of benzene rings is 1. The molecule has 1 rings (SSSR count). The van der Waals surface area contributed by atoms with Gasteiger partial charge in [-0.1, -0.05) is 0 Å². The van der Waals surface area contributed by atoms with E-state index < -0.39 is 6.10 Å². The first-order chi connectivity index (χ1) is 6.56. The molecule has 0 aromatic heterocycles. The average molecular weight is 260 g/mol. The minimum Gasteiger partial charge on any atom is -0.507 e. The Kier molecular flexibility index (Phi) is 3.92. The van der Waals surface area contributed by atoms with Crippen LogP contribution in [0.4, 0.5) is 0 Å². The summed E-state index contributed by atoms with van der Waals surface area (Å²) in [6.45, 7) is 2.29. The number of aryl methyl sites for hydroxylation is 1. The van der Waals surface area contributed by atoms with Crippen LogP contribution in [0.25, 0.3) is 0 Å². The molecule has 0 spiro atoms. The summed E-state index contributed by atoms with van der Waals surface area (Å²) >= 11 is 3.21. The zero-order valence-electron chi connectivity index (χ0n) is 8.00. The highest BCUT2D eigenvalue weighted by molar-refractivity contribution is 9.10. The number of hydrogen-bond donors (Lipinski definition) is 3. The maximum atomic E-state index is 9.73. The number of phenols is 1. The van der Waals surface area contributed by atoms with Crippen LogP contribution in [0.1, 0.15) is 23.7 Å². The molecule has 0 amide bonds. The van der Waals surface area contributed by atoms with Crippen LogP contribution >= 0.6 is 15.9 Å². The SMILES string of the molecule is Cc1cc(O)c(Br)cc1C(O)CCN. The van der Waals surface area contributed by atoms with Crippen molar-refractivity contribution in [2.24, 2.45) is 5.73 Å². The van der Waals surface area contributed by atoms with E-state index >= 15 is 0 Å². The highest BCUT2D eigenvalue weighted by atomic mass is 79.9. The zero-order chi connectivity index (χ0) is 10.7. The van der Waals surface area contributed by atoms with Crippen molar-refractivity contribution in [2.75, 3.05) is 6.54 Å². The summed E-state index contributed by atoms with van der Waals surface area (Å²) in [4.78, 5) is 0. The molecular formula is C10H14BrNO2. The van der Waals surface area contributed by atoms with Crippen molar-refractivity contribution in [3.8, 4) is 5.75 Å². The van der Waals surface area contributed by atoms with E-state index in [4.69, 9.17) is 5.73 Å². The Balaban J connectivity index is 3.02. The van der Waals surface area contributed by atoms with Crippen molar-refractivity contribution >= 4 is 15.9 Å². The zero-order valence-corrected chi connectivity index (χ0v) is 9.58. The smallest absolute Gasteiger partial charge is 0.130 e. The van der Waals surface area contributed by atoms with Gasteiger partial charge in [0.05, 0.1) is 10.6 Å². The summed E-state index contributed by atoms with van der Waals surface area (Å²) in [5.41, 5.74) is 7.04. The molecule has 0 saturated carbocycles. The summed E-state index contributed by atoms with van der Waals surface area (Å²) in [6.07, 6.45) is -0.0326. The first kappa shape index (κ1) is 11.5. The van der Waals surface area contributed by atoms with Gasteiger partial charge in [0.2, 0.25) is 0 Å². The predicted molar refractivity (Wildman–Crippen MR) is 59.2 cm³/mol. The van der Waals surface area contributed by atoms with Crippen molar-refractivity contribution in [3.63, 3.8) is 0 Å². The fraction of sp³-hybridized carbons (Fsp3) is 0.400. The van der Waals surface area contributed by atoms with Gasteiger partial charge in [-0.25, -0.2) is 0 Å². The number of nitrogens with two attached hydrogens (primary N) is 1. The van der Waals surface area contributed by atoms with Gasteiger partial charge in [-0.2, -0.15) is 0 Å². The molecule has 1 unspecified atom stereocenters. The molecule has 0 radical (unpaired) electrons. The summed E-state index contributed by atoms with van der Waals surface area (Å²) in [5.74, 6) is 0.186. The van der Waals surface area contributed by atoms with E-state index in [1.807, 2.05) is 6.92 Å². The molecular weight excluding hydrogens is 246 g/mol. The minimum absolute atomic E-state index is 0.186. The van der Waals surface area contributed by atoms with Crippen LogP contribution in [-0.4, -0.2) is 16.8 Å². The van der Waals surface area contributed by atoms with E-state index in [2.05, 4.69) is 15.9 Å². The van der Waals surface area contributed by atoms with E-state index in [0.717, 1.165) is 11.1 Å². The van der Waals surface area contributed by atoms with Gasteiger partial charge in [0.25, 0.3) is 0 Å².